The number of anilines is 1. The highest BCUT2D eigenvalue weighted by atomic mass is 79.9. The molecule has 7 heteroatoms. The molecule has 4 nitrogen and oxygen atoms in total. The molecule has 0 amide bonds. The number of rotatable bonds is 4. The number of nitrogens with one attached hydrogen (secondary N) is 1. The van der Waals surface area contributed by atoms with Gasteiger partial charge in [0.1, 0.15) is 0 Å². The molecular formula is C13H15BrN2O2S2. The lowest BCUT2D eigenvalue weighted by atomic mass is 10.1. The Balaban J connectivity index is 2.27. The van der Waals surface area contributed by atoms with Crippen molar-refractivity contribution < 1.29 is 8.42 Å². The van der Waals surface area contributed by atoms with Gasteiger partial charge in [0, 0.05) is 17.1 Å². The van der Waals surface area contributed by atoms with Crippen molar-refractivity contribution in [3.63, 3.8) is 0 Å². The van der Waals surface area contributed by atoms with Crippen LogP contribution in [0.5, 0.6) is 0 Å². The highest BCUT2D eigenvalue weighted by Crippen LogP contribution is 2.25. The first kappa shape index (κ1) is 15.5. The standard InChI is InChI=1S/C13H15BrN2O2S2/c1-8-5-10(15)6-9(2)13(8)20(17,18)16-7-11-3-4-12(14)19-11/h3-6,16H,7,15H2,1-2H3. The van der Waals surface area contributed by atoms with Crippen molar-refractivity contribution in [1.82, 2.24) is 4.72 Å². The largest absolute Gasteiger partial charge is 0.399 e. The molecule has 0 atom stereocenters. The molecule has 0 bridgehead atoms. The van der Waals surface area contributed by atoms with Crippen LogP contribution in [0.15, 0.2) is 32.9 Å². The number of thiophene rings is 1. The number of nitrogens with two attached hydrogens (primary N) is 1. The third-order valence-corrected chi connectivity index (χ3v) is 6.15. The van der Waals surface area contributed by atoms with Crippen LogP contribution in [0.1, 0.15) is 16.0 Å². The Hall–Kier alpha value is -0.890. The van der Waals surface area contributed by atoms with E-state index in [0.717, 1.165) is 8.66 Å². The zero-order valence-electron chi connectivity index (χ0n) is 11.1. The molecular weight excluding hydrogens is 360 g/mol. The first-order valence-corrected chi connectivity index (χ1v) is 8.99. The first-order chi connectivity index (χ1) is 9.29. The lowest BCUT2D eigenvalue weighted by Gasteiger charge is -2.12. The zero-order chi connectivity index (χ0) is 14.9. The van der Waals surface area contributed by atoms with Crippen molar-refractivity contribution in [3.05, 3.63) is 44.1 Å². The second-order valence-corrected chi connectivity index (χ2v) is 8.77. The van der Waals surface area contributed by atoms with E-state index in [2.05, 4.69) is 20.7 Å². The van der Waals surface area contributed by atoms with Gasteiger partial charge in [-0.2, -0.15) is 0 Å². The molecule has 2 rings (SSSR count). The molecule has 3 N–H and O–H groups in total. The van der Waals surface area contributed by atoms with E-state index in [1.165, 1.54) is 11.3 Å². The maximum absolute atomic E-state index is 12.4. The van der Waals surface area contributed by atoms with Crippen LogP contribution in [0.2, 0.25) is 0 Å². The van der Waals surface area contributed by atoms with E-state index in [9.17, 15) is 8.42 Å². The van der Waals surface area contributed by atoms with Crippen LogP contribution in [0, 0.1) is 13.8 Å². The smallest absolute Gasteiger partial charge is 0.241 e. The molecule has 0 aliphatic carbocycles. The number of hydrogen-bond donors (Lipinski definition) is 2. The van der Waals surface area contributed by atoms with Crippen LogP contribution in [0.25, 0.3) is 0 Å². The summed E-state index contributed by atoms with van der Waals surface area (Å²) in [6, 6.07) is 7.13. The van der Waals surface area contributed by atoms with Gasteiger partial charge in [-0.05, 0) is 65.2 Å². The Morgan fingerprint density at radius 1 is 1.25 bits per heavy atom. The van der Waals surface area contributed by atoms with Crippen molar-refractivity contribution in [3.8, 4) is 0 Å². The minimum Gasteiger partial charge on any atom is -0.399 e. The molecule has 0 radical (unpaired) electrons. The summed E-state index contributed by atoms with van der Waals surface area (Å²) in [6.45, 7) is 3.78. The molecule has 1 aromatic carbocycles. The Morgan fingerprint density at radius 2 is 1.85 bits per heavy atom. The summed E-state index contributed by atoms with van der Waals surface area (Å²) < 4.78 is 28.4. The molecule has 2 aromatic rings. The van der Waals surface area contributed by atoms with E-state index in [0.29, 0.717) is 21.7 Å². The molecule has 1 heterocycles. The van der Waals surface area contributed by atoms with Crippen molar-refractivity contribution in [2.24, 2.45) is 0 Å². The van der Waals surface area contributed by atoms with Gasteiger partial charge < -0.3 is 5.73 Å². The molecule has 0 unspecified atom stereocenters. The van der Waals surface area contributed by atoms with Gasteiger partial charge in [-0.1, -0.05) is 0 Å². The molecule has 1 aromatic heterocycles. The quantitative estimate of drug-likeness (QED) is 0.807. The van der Waals surface area contributed by atoms with Crippen molar-refractivity contribution >= 4 is 43.0 Å². The lowest BCUT2D eigenvalue weighted by Crippen LogP contribution is -2.24. The monoisotopic (exact) mass is 374 g/mol. The highest BCUT2D eigenvalue weighted by Gasteiger charge is 2.19. The molecule has 0 saturated heterocycles. The number of benzene rings is 1. The number of hydrogen-bond acceptors (Lipinski definition) is 4. The summed E-state index contributed by atoms with van der Waals surface area (Å²) in [5.74, 6) is 0. The van der Waals surface area contributed by atoms with Gasteiger partial charge in [0.2, 0.25) is 10.0 Å². The maximum atomic E-state index is 12.4. The van der Waals surface area contributed by atoms with Crippen LogP contribution in [0.4, 0.5) is 5.69 Å². The first-order valence-electron chi connectivity index (χ1n) is 5.90. The van der Waals surface area contributed by atoms with Crippen LogP contribution < -0.4 is 10.5 Å². The SMILES string of the molecule is Cc1cc(N)cc(C)c1S(=O)(=O)NCc1ccc(Br)s1. The Kier molecular flexibility index (Phi) is 4.53. The average Bonchev–Trinajstić information content (AvgIpc) is 2.71. The third-order valence-electron chi connectivity index (χ3n) is 2.82. The minimum absolute atomic E-state index is 0.280. The van der Waals surface area contributed by atoms with E-state index >= 15 is 0 Å². The zero-order valence-corrected chi connectivity index (χ0v) is 14.3. The van der Waals surface area contributed by atoms with Crippen molar-refractivity contribution in [2.45, 2.75) is 25.3 Å². The van der Waals surface area contributed by atoms with E-state index in [1.807, 2.05) is 12.1 Å². The van der Waals surface area contributed by atoms with Crippen LogP contribution in [-0.4, -0.2) is 8.42 Å². The summed E-state index contributed by atoms with van der Waals surface area (Å²) in [7, 11) is -3.54. The number of halogens is 1. The van der Waals surface area contributed by atoms with Gasteiger partial charge in [0.15, 0.2) is 0 Å². The van der Waals surface area contributed by atoms with Crippen LogP contribution in [0.3, 0.4) is 0 Å². The van der Waals surface area contributed by atoms with Crippen LogP contribution in [-0.2, 0) is 16.6 Å². The number of nitrogen functional groups attached to an aromatic ring is 1. The summed E-state index contributed by atoms with van der Waals surface area (Å²) in [4.78, 5) is 1.26. The number of sulfonamides is 1. The van der Waals surface area contributed by atoms with Gasteiger partial charge in [-0.25, -0.2) is 13.1 Å². The Labute approximate surface area is 131 Å². The molecule has 0 saturated carbocycles. The molecule has 0 spiro atoms. The highest BCUT2D eigenvalue weighted by molar-refractivity contribution is 9.11. The summed E-state index contributed by atoms with van der Waals surface area (Å²) >= 11 is 4.86. The van der Waals surface area contributed by atoms with E-state index in [4.69, 9.17) is 5.73 Å². The van der Waals surface area contributed by atoms with Gasteiger partial charge >= 0.3 is 0 Å². The fourth-order valence-corrected chi connectivity index (χ4v) is 5.06. The fraction of sp³-hybridized carbons (Fsp3) is 0.231. The predicted octanol–water partition coefficient (Wildman–Crippen LogP) is 3.19. The van der Waals surface area contributed by atoms with Gasteiger partial charge in [0.05, 0.1) is 8.68 Å². The minimum atomic E-state index is -3.54. The average molecular weight is 375 g/mol. The Morgan fingerprint density at radius 3 is 2.35 bits per heavy atom. The predicted molar refractivity (Wildman–Crippen MR) is 86.4 cm³/mol. The molecule has 0 fully saturated rings. The number of aryl methyl sites for hydroxylation is 2. The van der Waals surface area contributed by atoms with Gasteiger partial charge in [-0.3, -0.25) is 0 Å². The lowest BCUT2D eigenvalue weighted by molar-refractivity contribution is 0.580. The van der Waals surface area contributed by atoms with Crippen molar-refractivity contribution in [1.29, 1.82) is 0 Å². The summed E-state index contributed by atoms with van der Waals surface area (Å²) in [5, 5.41) is 0. The van der Waals surface area contributed by atoms with E-state index in [-0.39, 0.29) is 6.54 Å². The second kappa shape index (κ2) is 5.85. The van der Waals surface area contributed by atoms with Gasteiger partial charge in [0.25, 0.3) is 0 Å². The molecule has 108 valence electrons. The Bertz CT molecular complexity index is 716. The molecule has 0 aliphatic heterocycles. The van der Waals surface area contributed by atoms with E-state index < -0.39 is 10.0 Å². The van der Waals surface area contributed by atoms with Crippen LogP contribution >= 0.6 is 27.3 Å². The van der Waals surface area contributed by atoms with E-state index in [1.54, 1.807) is 26.0 Å². The van der Waals surface area contributed by atoms with Gasteiger partial charge in [-0.15, -0.1) is 11.3 Å². The third kappa shape index (κ3) is 3.41. The maximum Gasteiger partial charge on any atom is 0.241 e. The summed E-state index contributed by atoms with van der Waals surface area (Å²) in [6.07, 6.45) is 0. The summed E-state index contributed by atoms with van der Waals surface area (Å²) in [5.41, 5.74) is 7.60. The topological polar surface area (TPSA) is 72.2 Å². The van der Waals surface area contributed by atoms with Crippen molar-refractivity contribution in [2.75, 3.05) is 5.73 Å². The second-order valence-electron chi connectivity index (χ2n) is 4.51. The fourth-order valence-electron chi connectivity index (χ4n) is 2.09. The normalized spacial score (nSPS) is 11.8. The molecule has 20 heavy (non-hydrogen) atoms. The molecule has 0 aliphatic rings.